The Morgan fingerprint density at radius 2 is 1.67 bits per heavy atom. The smallest absolute Gasteiger partial charge is 0.339 e. The van der Waals surface area contributed by atoms with Crippen molar-refractivity contribution >= 4 is 23.4 Å². The Hall–Kier alpha value is -2.58. The third-order valence-electron chi connectivity index (χ3n) is 4.86. The monoisotopic (exact) mass is 439 g/mol. The van der Waals surface area contributed by atoms with Gasteiger partial charge in [-0.1, -0.05) is 29.8 Å². The summed E-state index contributed by atoms with van der Waals surface area (Å²) in [5, 5.41) is 3.59. The normalized spacial score (nSPS) is 14.5. The quantitative estimate of drug-likeness (QED) is 0.776. The van der Waals surface area contributed by atoms with Gasteiger partial charge in [-0.25, -0.2) is 0 Å². The molecule has 0 saturated carbocycles. The molecular formula is C21H21ClF3N3O2. The second-order valence-electron chi connectivity index (χ2n) is 6.96. The van der Waals surface area contributed by atoms with Gasteiger partial charge in [0.2, 0.25) is 5.91 Å². The molecule has 0 radical (unpaired) electrons. The summed E-state index contributed by atoms with van der Waals surface area (Å²) in [4.78, 5) is 28.8. The van der Waals surface area contributed by atoms with Crippen molar-refractivity contribution in [1.29, 1.82) is 0 Å². The molecule has 1 aliphatic heterocycles. The summed E-state index contributed by atoms with van der Waals surface area (Å²) < 4.78 is 38.5. The van der Waals surface area contributed by atoms with Crippen molar-refractivity contribution in [3.63, 3.8) is 0 Å². The van der Waals surface area contributed by atoms with E-state index in [0.29, 0.717) is 36.8 Å². The summed E-state index contributed by atoms with van der Waals surface area (Å²) >= 11 is 6.21. The number of carbonyl (C=O) groups is 2. The zero-order valence-electron chi connectivity index (χ0n) is 16.1. The van der Waals surface area contributed by atoms with Crippen molar-refractivity contribution in [2.75, 3.05) is 32.7 Å². The summed E-state index contributed by atoms with van der Waals surface area (Å²) in [5.74, 6) is -0.754. The second kappa shape index (κ2) is 9.49. The minimum atomic E-state index is -4.49. The molecule has 9 heteroatoms. The lowest BCUT2D eigenvalue weighted by Crippen LogP contribution is -2.50. The average molecular weight is 440 g/mol. The van der Waals surface area contributed by atoms with E-state index in [-0.39, 0.29) is 24.6 Å². The molecule has 0 unspecified atom stereocenters. The topological polar surface area (TPSA) is 52.7 Å². The van der Waals surface area contributed by atoms with Gasteiger partial charge in [0.15, 0.2) is 0 Å². The first-order valence-electron chi connectivity index (χ1n) is 9.44. The molecule has 30 heavy (non-hydrogen) atoms. The number of hydrogen-bond acceptors (Lipinski definition) is 3. The molecule has 0 spiro atoms. The Labute approximate surface area is 177 Å². The van der Waals surface area contributed by atoms with E-state index in [1.54, 1.807) is 29.2 Å². The van der Waals surface area contributed by atoms with Gasteiger partial charge in [-0.2, -0.15) is 13.2 Å². The second-order valence-corrected chi connectivity index (χ2v) is 7.37. The maximum atomic E-state index is 13.1. The molecule has 3 rings (SSSR count). The van der Waals surface area contributed by atoms with Gasteiger partial charge in [-0.3, -0.25) is 9.59 Å². The number of nitrogens with zero attached hydrogens (tertiary/aromatic N) is 2. The van der Waals surface area contributed by atoms with E-state index < -0.39 is 17.6 Å². The van der Waals surface area contributed by atoms with Crippen LogP contribution >= 0.6 is 11.6 Å². The first-order chi connectivity index (χ1) is 14.3. The molecule has 1 saturated heterocycles. The summed E-state index contributed by atoms with van der Waals surface area (Å²) in [7, 11) is 0. The molecule has 1 heterocycles. The maximum absolute atomic E-state index is 13.1. The number of nitrogens with one attached hydrogen (secondary N) is 1. The van der Waals surface area contributed by atoms with Crippen LogP contribution in [0.1, 0.15) is 21.5 Å². The van der Waals surface area contributed by atoms with Crippen molar-refractivity contribution in [3.8, 4) is 0 Å². The van der Waals surface area contributed by atoms with Crippen molar-refractivity contribution in [1.82, 2.24) is 15.1 Å². The maximum Gasteiger partial charge on any atom is 0.416 e. The molecule has 1 fully saturated rings. The Balaban J connectivity index is 1.83. The van der Waals surface area contributed by atoms with Crippen LogP contribution in [0.5, 0.6) is 0 Å². The molecule has 5 nitrogen and oxygen atoms in total. The lowest BCUT2D eigenvalue weighted by molar-refractivity contribution is -0.137. The van der Waals surface area contributed by atoms with E-state index in [1.165, 1.54) is 4.90 Å². The lowest BCUT2D eigenvalue weighted by atomic mass is 10.1. The third-order valence-corrected chi connectivity index (χ3v) is 5.23. The highest BCUT2D eigenvalue weighted by molar-refractivity contribution is 6.31. The highest BCUT2D eigenvalue weighted by Gasteiger charge is 2.31. The molecule has 1 aliphatic rings. The van der Waals surface area contributed by atoms with Gasteiger partial charge in [0, 0.05) is 43.3 Å². The minimum absolute atomic E-state index is 0.0668. The Morgan fingerprint density at radius 1 is 1.03 bits per heavy atom. The first kappa shape index (κ1) is 22.1. The van der Waals surface area contributed by atoms with Crippen LogP contribution < -0.4 is 5.32 Å². The minimum Gasteiger partial charge on any atom is -0.339 e. The Morgan fingerprint density at radius 3 is 2.27 bits per heavy atom. The molecule has 0 atom stereocenters. The highest BCUT2D eigenvalue weighted by Crippen LogP contribution is 2.29. The fraction of sp³-hybridized carbons (Fsp3) is 0.333. The lowest BCUT2D eigenvalue weighted by Gasteiger charge is -2.30. The van der Waals surface area contributed by atoms with Gasteiger partial charge < -0.3 is 15.1 Å². The fourth-order valence-electron chi connectivity index (χ4n) is 3.19. The fourth-order valence-corrected chi connectivity index (χ4v) is 3.39. The third kappa shape index (κ3) is 5.52. The van der Waals surface area contributed by atoms with Crippen LogP contribution in [0.4, 0.5) is 13.2 Å². The molecule has 160 valence electrons. The van der Waals surface area contributed by atoms with Gasteiger partial charge in [0.1, 0.15) is 6.54 Å². The molecular weight excluding hydrogens is 419 g/mol. The van der Waals surface area contributed by atoms with E-state index in [0.717, 1.165) is 24.3 Å². The van der Waals surface area contributed by atoms with Crippen LogP contribution in [0.3, 0.4) is 0 Å². The van der Waals surface area contributed by atoms with E-state index in [2.05, 4.69) is 5.32 Å². The zero-order valence-corrected chi connectivity index (χ0v) is 16.8. The van der Waals surface area contributed by atoms with Gasteiger partial charge >= 0.3 is 6.18 Å². The molecule has 2 amide bonds. The molecule has 0 aliphatic carbocycles. The number of benzene rings is 2. The van der Waals surface area contributed by atoms with Crippen LogP contribution in [0.15, 0.2) is 48.5 Å². The van der Waals surface area contributed by atoms with Gasteiger partial charge in [-0.05, 0) is 35.9 Å². The number of alkyl halides is 3. The summed E-state index contributed by atoms with van der Waals surface area (Å²) in [5.41, 5.74) is -0.121. The standard InChI is InChI=1S/C21H21ClF3N3O2/c22-18-4-2-1-3-16(18)13-28(14-19(29)27-11-9-26-10-12-27)20(30)15-5-7-17(8-6-15)21(23,24)25/h1-8,26H,9-14H2. The SMILES string of the molecule is O=C(CN(Cc1ccccc1Cl)C(=O)c1ccc(C(F)(F)F)cc1)N1CCNCC1. The Kier molecular flexibility index (Phi) is 6.99. The van der Waals surface area contributed by atoms with Crippen LogP contribution in [0.25, 0.3) is 0 Å². The molecule has 0 bridgehead atoms. The molecule has 1 N–H and O–H groups in total. The summed E-state index contributed by atoms with van der Waals surface area (Å²) in [6.07, 6.45) is -4.49. The van der Waals surface area contributed by atoms with Crippen molar-refractivity contribution in [2.45, 2.75) is 12.7 Å². The Bertz CT molecular complexity index is 897. The summed E-state index contributed by atoms with van der Waals surface area (Å²) in [6.45, 7) is 2.29. The van der Waals surface area contributed by atoms with Crippen LogP contribution in [-0.4, -0.2) is 54.3 Å². The van der Waals surface area contributed by atoms with Crippen molar-refractivity contribution in [3.05, 3.63) is 70.2 Å². The van der Waals surface area contributed by atoms with E-state index in [9.17, 15) is 22.8 Å². The average Bonchev–Trinajstić information content (AvgIpc) is 2.74. The van der Waals surface area contributed by atoms with Crippen LogP contribution in [0.2, 0.25) is 5.02 Å². The molecule has 2 aromatic rings. The van der Waals surface area contributed by atoms with Gasteiger partial charge in [0.05, 0.1) is 5.56 Å². The van der Waals surface area contributed by atoms with E-state index in [1.807, 2.05) is 0 Å². The zero-order chi connectivity index (χ0) is 21.7. The number of piperazine rings is 1. The number of hydrogen-bond donors (Lipinski definition) is 1. The molecule has 2 aromatic carbocycles. The predicted molar refractivity (Wildman–Crippen MR) is 107 cm³/mol. The molecule has 0 aromatic heterocycles. The van der Waals surface area contributed by atoms with Crippen molar-refractivity contribution in [2.24, 2.45) is 0 Å². The number of carbonyl (C=O) groups excluding carboxylic acids is 2. The van der Waals surface area contributed by atoms with Gasteiger partial charge in [-0.15, -0.1) is 0 Å². The van der Waals surface area contributed by atoms with E-state index in [4.69, 9.17) is 11.6 Å². The van der Waals surface area contributed by atoms with E-state index >= 15 is 0 Å². The summed E-state index contributed by atoms with van der Waals surface area (Å²) in [6, 6.07) is 10.9. The first-order valence-corrected chi connectivity index (χ1v) is 9.82. The van der Waals surface area contributed by atoms with Gasteiger partial charge in [0.25, 0.3) is 5.91 Å². The van der Waals surface area contributed by atoms with Crippen LogP contribution in [0, 0.1) is 0 Å². The highest BCUT2D eigenvalue weighted by atomic mass is 35.5. The van der Waals surface area contributed by atoms with Crippen LogP contribution in [-0.2, 0) is 17.5 Å². The van der Waals surface area contributed by atoms with Crippen molar-refractivity contribution < 1.29 is 22.8 Å². The predicted octanol–water partition coefficient (Wildman–Crippen LogP) is 3.43. The number of amides is 2. The largest absolute Gasteiger partial charge is 0.416 e. The number of halogens is 4. The number of rotatable bonds is 5.